The van der Waals surface area contributed by atoms with Crippen molar-refractivity contribution >= 4 is 119 Å². The summed E-state index contributed by atoms with van der Waals surface area (Å²) in [7, 11) is 0. The van der Waals surface area contributed by atoms with E-state index in [9.17, 15) is 32.8 Å². The SMILES string of the molecule is CC1(NC(=O)c2cc3cc(Cl)ccc3[nH]2)CC1.N#Cc1ccc2[nH]c(C(=O)NC3(c4ccc(F)cc4)CC3)cc2c1.N#Cc1ccc2[nH]c(C(=O)NC3(c4ccccc4)CC3)cc2c1.O=C(NC1(c2ccc(F)cc2)CC1)c1cc2cc(Cl)ccc2[nH]1.O=C(NC1(c2nc(-c3ccccc3)no2)CC1)c1cc2cc(Cl)ccc2[nH]1. The molecule has 5 fully saturated rings. The van der Waals surface area contributed by atoms with Crippen molar-refractivity contribution in [3.8, 4) is 23.5 Å². The van der Waals surface area contributed by atoms with E-state index in [4.69, 9.17) is 49.8 Å². The van der Waals surface area contributed by atoms with Gasteiger partial charge < -0.3 is 56.0 Å². The fourth-order valence-electron chi connectivity index (χ4n) is 13.9. The van der Waals surface area contributed by atoms with Crippen LogP contribution in [-0.2, 0) is 22.2 Å². The van der Waals surface area contributed by atoms with E-state index in [1.165, 1.54) is 24.3 Å². The molecule has 5 aliphatic rings. The van der Waals surface area contributed by atoms with Crippen LogP contribution in [0.1, 0.15) is 157 Å². The van der Waals surface area contributed by atoms with Crippen LogP contribution in [0.15, 0.2) is 235 Å². The molecule has 25 heteroatoms. The van der Waals surface area contributed by atoms with Crippen molar-refractivity contribution in [2.24, 2.45) is 0 Å². The summed E-state index contributed by atoms with van der Waals surface area (Å²) >= 11 is 17.9. The maximum absolute atomic E-state index is 13.1. The first-order valence-corrected chi connectivity index (χ1v) is 38.2. The molecule has 114 heavy (non-hydrogen) atoms. The molecule has 15 aromatic rings. The Labute approximate surface area is 666 Å². The minimum absolute atomic E-state index is 0.00598. The van der Waals surface area contributed by atoms with Gasteiger partial charge in [-0.05, 0) is 233 Å². The first-order valence-electron chi connectivity index (χ1n) is 37.0. The van der Waals surface area contributed by atoms with Gasteiger partial charge in [0.15, 0.2) is 0 Å². The van der Waals surface area contributed by atoms with E-state index in [1.807, 2.05) is 103 Å². The quantitative estimate of drug-likeness (QED) is 0.0463. The first kappa shape index (κ1) is 74.9. The molecule has 6 heterocycles. The molecule has 20 rings (SSSR count). The lowest BCUT2D eigenvalue weighted by molar-refractivity contribution is 0.0910. The Morgan fingerprint density at radius 3 is 1.02 bits per heavy atom. The highest BCUT2D eigenvalue weighted by Crippen LogP contribution is 2.49. The second-order valence-corrected chi connectivity index (χ2v) is 31.1. The molecule has 0 atom stereocenters. The summed E-state index contributed by atoms with van der Waals surface area (Å²) in [5.41, 5.74) is 10.3. The number of aromatic amines is 5. The second kappa shape index (κ2) is 30.5. The number of H-pyrrole nitrogens is 5. The van der Waals surface area contributed by atoms with Crippen LogP contribution in [0, 0.1) is 34.3 Å². The minimum Gasteiger partial charge on any atom is -0.351 e. The average molecular weight is 1580 g/mol. The summed E-state index contributed by atoms with van der Waals surface area (Å²) in [6.07, 6.45) is 8.96. The monoisotopic (exact) mass is 1570 g/mol. The number of benzene rings is 9. The molecule has 10 N–H and O–H groups in total. The number of hydrogen-bond donors (Lipinski definition) is 10. The molecule has 0 saturated heterocycles. The summed E-state index contributed by atoms with van der Waals surface area (Å²) in [5.74, 6) is -0.336. The Bertz CT molecular complexity index is 6310. The van der Waals surface area contributed by atoms with Gasteiger partial charge in [0.25, 0.3) is 35.4 Å². The molecule has 0 aliphatic heterocycles. The zero-order chi connectivity index (χ0) is 79.1. The number of halogens is 5. The highest BCUT2D eigenvalue weighted by Gasteiger charge is 2.52. The van der Waals surface area contributed by atoms with Gasteiger partial charge in [-0.2, -0.15) is 15.5 Å². The number of rotatable bonds is 15. The Hall–Kier alpha value is -13.1. The normalized spacial score (nSPS) is 15.4. The minimum atomic E-state index is -0.591. The lowest BCUT2D eigenvalue weighted by atomic mass is 10.0. The van der Waals surface area contributed by atoms with Gasteiger partial charge in [-0.3, -0.25) is 24.0 Å². The van der Waals surface area contributed by atoms with E-state index in [1.54, 1.807) is 91.0 Å². The number of fused-ring (bicyclic) bond motifs is 5. The van der Waals surface area contributed by atoms with Crippen LogP contribution >= 0.6 is 34.8 Å². The molecule has 5 amide bonds. The van der Waals surface area contributed by atoms with Crippen molar-refractivity contribution in [3.63, 3.8) is 0 Å². The first-order chi connectivity index (χ1) is 55.0. The maximum Gasteiger partial charge on any atom is 0.268 e. The van der Waals surface area contributed by atoms with Crippen LogP contribution in [0.25, 0.3) is 65.9 Å². The lowest BCUT2D eigenvalue weighted by Crippen LogP contribution is -2.35. The highest BCUT2D eigenvalue weighted by molar-refractivity contribution is 6.32. The van der Waals surface area contributed by atoms with Crippen LogP contribution in [-0.4, -0.2) is 70.1 Å². The number of carbonyl (C=O) groups excluding carboxylic acids is 5. The topological polar surface area (TPSA) is 311 Å². The van der Waals surface area contributed by atoms with Gasteiger partial charge in [-0.15, -0.1) is 0 Å². The smallest absolute Gasteiger partial charge is 0.268 e. The summed E-state index contributed by atoms with van der Waals surface area (Å²) in [4.78, 5) is 82.5. The van der Waals surface area contributed by atoms with Crippen molar-refractivity contribution in [1.82, 2.24) is 61.6 Å². The molecule has 20 nitrogen and oxygen atoms in total. The van der Waals surface area contributed by atoms with Crippen molar-refractivity contribution < 1.29 is 37.3 Å². The van der Waals surface area contributed by atoms with Crippen molar-refractivity contribution in [3.05, 3.63) is 319 Å². The highest BCUT2D eigenvalue weighted by atomic mass is 35.5. The molecule has 5 saturated carbocycles. The number of carbonyl (C=O) groups is 5. The molecule has 0 radical (unpaired) electrons. The van der Waals surface area contributed by atoms with Crippen LogP contribution in [0.2, 0.25) is 15.1 Å². The Balaban J connectivity index is 0.000000108. The third-order valence-corrected chi connectivity index (χ3v) is 22.0. The van der Waals surface area contributed by atoms with E-state index in [0.717, 1.165) is 141 Å². The van der Waals surface area contributed by atoms with Gasteiger partial charge in [-0.1, -0.05) is 125 Å². The van der Waals surface area contributed by atoms with E-state index >= 15 is 0 Å². The summed E-state index contributed by atoms with van der Waals surface area (Å²) in [5, 5.41) is 43.7. The number of aromatic nitrogens is 7. The Morgan fingerprint density at radius 2 is 0.684 bits per heavy atom. The standard InChI is InChI=1S/C20H15ClN4O2.C19H14FN3O.C19H15N3O.C18H14ClFN2O.C13H13ClN2O/c21-14-6-7-15-13(10-14)11-16(22-15)18(26)24-20(8-9-20)19-23-17(25-27-19)12-4-2-1-3-5-12;20-15-4-2-14(3-5-15)19(7-8-19)23-18(24)17-10-13-9-12(11-21)1-6-16(13)22-17;20-12-13-6-7-16-14(10-13)11-17(21-16)18(23)22-19(8-9-19)15-4-2-1-3-5-15;19-13-3-6-15-11(9-13)10-16(21-15)17(23)22-18(7-8-18)12-1-4-14(20)5-2-12;1-13(4-5-13)16-12(17)11-7-8-6-9(14)2-3-10(8)15-11/h1-7,10-11,22H,8-9H2,(H,24,26);1-6,9-10,22H,7-8H2,(H,23,24);1-7,10-11,21H,8-9H2,(H,22,23);1-6,9-10,21H,7-8H2,(H,22,23);2-3,6-7,15H,4-5H2,1H3,(H,16,17). The van der Waals surface area contributed by atoms with E-state index in [2.05, 4.69) is 92.8 Å². The Morgan fingerprint density at radius 1 is 0.377 bits per heavy atom. The van der Waals surface area contributed by atoms with Crippen molar-refractivity contribution in [2.45, 2.75) is 98.8 Å². The van der Waals surface area contributed by atoms with E-state index < -0.39 is 11.1 Å². The van der Waals surface area contributed by atoms with Gasteiger partial charge in [0.1, 0.15) is 45.6 Å². The molecule has 0 spiro atoms. The zero-order valence-electron chi connectivity index (χ0n) is 61.1. The number of nitriles is 2. The van der Waals surface area contributed by atoms with Gasteiger partial charge in [0.2, 0.25) is 5.82 Å². The van der Waals surface area contributed by atoms with Gasteiger partial charge in [0, 0.05) is 80.7 Å². The van der Waals surface area contributed by atoms with Gasteiger partial charge in [-0.25, -0.2) is 8.78 Å². The molecular weight excluding hydrogens is 1510 g/mol. The number of amides is 5. The maximum atomic E-state index is 13.1. The average Bonchev–Trinajstić information content (AvgIpc) is 1.56. The van der Waals surface area contributed by atoms with Crippen LogP contribution in [0.3, 0.4) is 0 Å². The van der Waals surface area contributed by atoms with Crippen molar-refractivity contribution in [2.75, 3.05) is 0 Å². The third-order valence-electron chi connectivity index (χ3n) is 21.3. The molecule has 6 aromatic heterocycles. The van der Waals surface area contributed by atoms with Gasteiger partial charge in [0.05, 0.1) is 39.9 Å². The second-order valence-electron chi connectivity index (χ2n) is 29.8. The van der Waals surface area contributed by atoms with Crippen LogP contribution in [0.4, 0.5) is 8.78 Å². The molecule has 568 valence electrons. The molecule has 5 aliphatic carbocycles. The fourth-order valence-corrected chi connectivity index (χ4v) is 14.4. The third kappa shape index (κ3) is 16.6. The van der Waals surface area contributed by atoms with Crippen LogP contribution < -0.4 is 26.6 Å². The van der Waals surface area contributed by atoms with E-state index in [-0.39, 0.29) is 57.8 Å². The molecule has 0 bridgehead atoms. The summed E-state index contributed by atoms with van der Waals surface area (Å²) < 4.78 is 31.6. The predicted octanol–water partition coefficient (Wildman–Crippen LogP) is 18.8. The number of nitrogens with zero attached hydrogens (tertiary/aromatic N) is 4. The summed E-state index contributed by atoms with van der Waals surface area (Å²) in [6, 6.07) is 72.4. The fraction of sp³-hybridized carbons (Fsp3) is 0.180. The largest absolute Gasteiger partial charge is 0.351 e. The van der Waals surface area contributed by atoms with Crippen molar-refractivity contribution in [1.29, 1.82) is 10.5 Å². The number of nitrogens with one attached hydrogen (secondary N) is 10. The lowest BCUT2D eigenvalue weighted by Gasteiger charge is -2.17. The molecule has 0 unspecified atom stereocenters. The molecule has 9 aromatic carbocycles. The zero-order valence-corrected chi connectivity index (χ0v) is 63.4. The Kier molecular flexibility index (Phi) is 20.1. The summed E-state index contributed by atoms with van der Waals surface area (Å²) in [6.45, 7) is 2.06. The van der Waals surface area contributed by atoms with Gasteiger partial charge >= 0.3 is 0 Å². The predicted molar refractivity (Wildman–Crippen MR) is 434 cm³/mol. The van der Waals surface area contributed by atoms with Crippen LogP contribution in [0.5, 0.6) is 0 Å². The van der Waals surface area contributed by atoms with E-state index in [0.29, 0.717) is 66.4 Å². The molecular formula is C89H71Cl3F2N14O6. The number of hydrogen-bond acceptors (Lipinski definition) is 10.